The van der Waals surface area contributed by atoms with Crippen molar-refractivity contribution < 1.29 is 0 Å². The average Bonchev–Trinajstić information content (AvgIpc) is 2.77. The van der Waals surface area contributed by atoms with Crippen LogP contribution in [-0.4, -0.2) is 27.0 Å². The summed E-state index contributed by atoms with van der Waals surface area (Å²) in [5, 5.41) is 4.88. The van der Waals surface area contributed by atoms with Gasteiger partial charge in [0.15, 0.2) is 0 Å². The van der Waals surface area contributed by atoms with Crippen LogP contribution in [-0.2, 0) is 0 Å². The zero-order chi connectivity index (χ0) is 13.8. The Kier molecular flexibility index (Phi) is 5.34. The number of aromatic nitrogens is 2. The molecule has 1 aromatic heterocycles. The van der Waals surface area contributed by atoms with E-state index < -0.39 is 0 Å². The van der Waals surface area contributed by atoms with Crippen LogP contribution < -0.4 is 5.32 Å². The van der Waals surface area contributed by atoms with Crippen molar-refractivity contribution in [2.75, 3.05) is 11.1 Å². The van der Waals surface area contributed by atoms with Crippen LogP contribution in [0.25, 0.3) is 0 Å². The molecule has 5 heteroatoms. The van der Waals surface area contributed by atoms with Gasteiger partial charge in [-0.2, -0.15) is 11.8 Å². The molecule has 1 heterocycles. The quantitative estimate of drug-likeness (QED) is 0.821. The largest absolute Gasteiger partial charge is 0.366 e. The fourth-order valence-corrected chi connectivity index (χ4v) is 4.23. The van der Waals surface area contributed by atoms with Gasteiger partial charge in [-0.1, -0.05) is 38.8 Å². The Bertz CT molecular complexity index is 425. The number of anilines is 1. The van der Waals surface area contributed by atoms with Gasteiger partial charge in [0.25, 0.3) is 0 Å². The smallest absolute Gasteiger partial charge is 0.138 e. The molecule has 1 N–H and O–H groups in total. The highest BCUT2D eigenvalue weighted by Gasteiger charge is 2.28. The molecule has 1 fully saturated rings. The maximum absolute atomic E-state index is 6.21. The zero-order valence-corrected chi connectivity index (χ0v) is 13.4. The number of thioether (sulfide) groups is 1. The number of rotatable bonds is 5. The van der Waals surface area contributed by atoms with E-state index in [0.717, 1.165) is 11.4 Å². The topological polar surface area (TPSA) is 37.8 Å². The third-order valence-electron chi connectivity index (χ3n) is 3.57. The third-order valence-corrected chi connectivity index (χ3v) is 5.19. The number of nitrogens with zero attached hydrogens (tertiary/aromatic N) is 2. The lowest BCUT2D eigenvalue weighted by Gasteiger charge is -2.23. The Labute approximate surface area is 124 Å². The molecule has 1 aliphatic carbocycles. The summed E-state index contributed by atoms with van der Waals surface area (Å²) >= 11 is 8.26. The monoisotopic (exact) mass is 299 g/mol. The molecule has 0 aromatic carbocycles. The fraction of sp³-hybridized carbons (Fsp3) is 0.714. The predicted molar refractivity (Wildman–Crippen MR) is 84.3 cm³/mol. The van der Waals surface area contributed by atoms with Crippen LogP contribution in [0.15, 0.2) is 6.33 Å². The highest BCUT2D eigenvalue weighted by Crippen LogP contribution is 2.34. The molecule has 0 bridgehead atoms. The lowest BCUT2D eigenvalue weighted by Crippen LogP contribution is -2.27. The summed E-state index contributed by atoms with van der Waals surface area (Å²) in [5.74, 6) is 2.42. The third kappa shape index (κ3) is 3.54. The second kappa shape index (κ2) is 6.80. The molecular weight excluding hydrogens is 278 g/mol. The number of nitrogens with one attached hydrogen (secondary N) is 1. The first-order chi connectivity index (χ1) is 9.13. The molecule has 2 rings (SSSR count). The van der Waals surface area contributed by atoms with Crippen molar-refractivity contribution in [3.05, 3.63) is 17.0 Å². The maximum Gasteiger partial charge on any atom is 0.138 e. The van der Waals surface area contributed by atoms with E-state index in [1.54, 1.807) is 6.33 Å². The standard InChI is InChI=1S/C14H22ClN3S/c1-4-19-11-7-5-6-10(11)18-14-12(9(2)3)13(15)16-8-17-14/h8-11H,4-7H2,1-3H3,(H,16,17,18). The van der Waals surface area contributed by atoms with Gasteiger partial charge in [-0.15, -0.1) is 0 Å². The minimum absolute atomic E-state index is 0.329. The molecule has 3 nitrogen and oxygen atoms in total. The van der Waals surface area contributed by atoms with Crippen LogP contribution in [0.2, 0.25) is 5.15 Å². The van der Waals surface area contributed by atoms with Gasteiger partial charge in [-0.3, -0.25) is 0 Å². The van der Waals surface area contributed by atoms with Crippen molar-refractivity contribution in [2.24, 2.45) is 0 Å². The van der Waals surface area contributed by atoms with Crippen molar-refractivity contribution in [2.45, 2.75) is 57.2 Å². The first-order valence-electron chi connectivity index (χ1n) is 7.02. The molecular formula is C14H22ClN3S. The average molecular weight is 300 g/mol. The minimum Gasteiger partial charge on any atom is -0.366 e. The number of hydrogen-bond donors (Lipinski definition) is 1. The van der Waals surface area contributed by atoms with E-state index in [9.17, 15) is 0 Å². The molecule has 2 unspecified atom stereocenters. The van der Waals surface area contributed by atoms with Crippen LogP contribution in [0.3, 0.4) is 0 Å². The Morgan fingerprint density at radius 2 is 2.21 bits per heavy atom. The van der Waals surface area contributed by atoms with Crippen LogP contribution in [0, 0.1) is 0 Å². The van der Waals surface area contributed by atoms with Gasteiger partial charge in [0.2, 0.25) is 0 Å². The Hall–Kier alpha value is -0.480. The molecule has 0 aliphatic heterocycles. The first kappa shape index (κ1) is 14.9. The fourth-order valence-electron chi connectivity index (χ4n) is 2.68. The second-order valence-electron chi connectivity index (χ2n) is 5.26. The Morgan fingerprint density at radius 3 is 2.89 bits per heavy atom. The van der Waals surface area contributed by atoms with Crippen LogP contribution in [0.1, 0.15) is 51.5 Å². The predicted octanol–water partition coefficient (Wildman–Crippen LogP) is 4.34. The Balaban J connectivity index is 2.16. The van der Waals surface area contributed by atoms with Crippen molar-refractivity contribution in [1.82, 2.24) is 9.97 Å². The van der Waals surface area contributed by atoms with Crippen molar-refractivity contribution >= 4 is 29.2 Å². The first-order valence-corrected chi connectivity index (χ1v) is 8.44. The van der Waals surface area contributed by atoms with E-state index >= 15 is 0 Å². The SMILES string of the molecule is CCSC1CCCC1Nc1ncnc(Cl)c1C(C)C. The highest BCUT2D eigenvalue weighted by atomic mass is 35.5. The Morgan fingerprint density at radius 1 is 1.42 bits per heavy atom. The minimum atomic E-state index is 0.329. The summed E-state index contributed by atoms with van der Waals surface area (Å²) in [4.78, 5) is 8.50. The van der Waals surface area contributed by atoms with E-state index in [2.05, 4.69) is 36.1 Å². The van der Waals surface area contributed by atoms with Gasteiger partial charge < -0.3 is 5.32 Å². The van der Waals surface area contributed by atoms with Gasteiger partial charge in [0, 0.05) is 16.9 Å². The molecule has 1 aliphatic rings. The van der Waals surface area contributed by atoms with Crippen LogP contribution in [0.4, 0.5) is 5.82 Å². The maximum atomic E-state index is 6.21. The van der Waals surface area contributed by atoms with Gasteiger partial charge >= 0.3 is 0 Å². The number of hydrogen-bond acceptors (Lipinski definition) is 4. The van der Waals surface area contributed by atoms with E-state index in [4.69, 9.17) is 11.6 Å². The summed E-state index contributed by atoms with van der Waals surface area (Å²) in [7, 11) is 0. The summed E-state index contributed by atoms with van der Waals surface area (Å²) in [6, 6.07) is 0.508. The molecule has 106 valence electrons. The lowest BCUT2D eigenvalue weighted by molar-refractivity contribution is 0.750. The number of halogens is 1. The van der Waals surface area contributed by atoms with Crippen molar-refractivity contribution in [3.8, 4) is 0 Å². The van der Waals surface area contributed by atoms with E-state index in [1.807, 2.05) is 11.8 Å². The molecule has 2 atom stereocenters. The van der Waals surface area contributed by atoms with Crippen LogP contribution in [0.5, 0.6) is 0 Å². The second-order valence-corrected chi connectivity index (χ2v) is 7.13. The van der Waals surface area contributed by atoms with Gasteiger partial charge in [-0.05, 0) is 24.5 Å². The molecule has 0 spiro atoms. The molecule has 0 amide bonds. The van der Waals surface area contributed by atoms with Gasteiger partial charge in [0.1, 0.15) is 17.3 Å². The van der Waals surface area contributed by atoms with Crippen molar-refractivity contribution in [1.29, 1.82) is 0 Å². The summed E-state index contributed by atoms with van der Waals surface area (Å²) in [5.41, 5.74) is 1.04. The van der Waals surface area contributed by atoms with Gasteiger partial charge in [0.05, 0.1) is 0 Å². The van der Waals surface area contributed by atoms with Crippen molar-refractivity contribution in [3.63, 3.8) is 0 Å². The zero-order valence-electron chi connectivity index (χ0n) is 11.8. The molecule has 0 radical (unpaired) electrons. The molecule has 0 saturated heterocycles. The summed E-state index contributed by atoms with van der Waals surface area (Å²) in [6.07, 6.45) is 5.36. The lowest BCUT2D eigenvalue weighted by atomic mass is 10.1. The highest BCUT2D eigenvalue weighted by molar-refractivity contribution is 7.99. The summed E-state index contributed by atoms with van der Waals surface area (Å²) < 4.78 is 0. The van der Waals surface area contributed by atoms with E-state index in [0.29, 0.717) is 22.4 Å². The van der Waals surface area contributed by atoms with E-state index in [-0.39, 0.29) is 0 Å². The molecule has 19 heavy (non-hydrogen) atoms. The molecule has 1 aromatic rings. The van der Waals surface area contributed by atoms with E-state index in [1.165, 1.54) is 25.0 Å². The normalized spacial score (nSPS) is 23.0. The molecule has 1 saturated carbocycles. The summed E-state index contributed by atoms with van der Waals surface area (Å²) in [6.45, 7) is 6.48. The van der Waals surface area contributed by atoms with Crippen LogP contribution >= 0.6 is 23.4 Å². The van der Waals surface area contributed by atoms with Gasteiger partial charge in [-0.25, -0.2) is 9.97 Å².